The van der Waals surface area contributed by atoms with Crippen LogP contribution in [0.5, 0.6) is 5.75 Å². The molecule has 1 aliphatic carbocycles. The predicted octanol–water partition coefficient (Wildman–Crippen LogP) is 1.56. The number of nitrogens with one attached hydrogen (secondary N) is 1. The van der Waals surface area contributed by atoms with E-state index in [1.165, 1.54) is 18.9 Å². The van der Waals surface area contributed by atoms with Crippen molar-refractivity contribution in [2.24, 2.45) is 5.92 Å². The van der Waals surface area contributed by atoms with Gasteiger partial charge in [0.25, 0.3) is 0 Å². The fraction of sp³-hybridized carbons (Fsp3) is 0.462. The highest BCUT2D eigenvalue weighted by Crippen LogP contribution is 2.33. The summed E-state index contributed by atoms with van der Waals surface area (Å²) >= 11 is 0. The van der Waals surface area contributed by atoms with Gasteiger partial charge < -0.3 is 10.2 Å². The maximum absolute atomic E-state index is 12.0. The van der Waals surface area contributed by atoms with E-state index in [0.717, 1.165) is 30.9 Å². The van der Waals surface area contributed by atoms with Gasteiger partial charge in [0.05, 0.1) is 4.90 Å². The molecule has 0 saturated heterocycles. The Morgan fingerprint density at radius 3 is 2.65 bits per heavy atom. The first-order valence-corrected chi connectivity index (χ1v) is 7.94. The zero-order valence-corrected chi connectivity index (χ0v) is 11.7. The zero-order chi connectivity index (χ0) is 14.8. The van der Waals surface area contributed by atoms with Crippen LogP contribution in [0.25, 0.3) is 0 Å². The Kier molecular flexibility index (Phi) is 4.29. The summed E-state index contributed by atoms with van der Waals surface area (Å²) in [7, 11) is -3.74. The number of hydrogen-bond donors (Lipinski definition) is 3. The molecule has 20 heavy (non-hydrogen) atoms. The lowest BCUT2D eigenvalue weighted by Gasteiger charge is -2.08. The number of carboxylic acids is 1. The van der Waals surface area contributed by atoms with Crippen molar-refractivity contribution >= 4 is 16.0 Å². The van der Waals surface area contributed by atoms with Crippen LogP contribution >= 0.6 is 0 Å². The Labute approximate surface area is 117 Å². The van der Waals surface area contributed by atoms with Gasteiger partial charge in [-0.3, -0.25) is 0 Å². The topological polar surface area (TPSA) is 104 Å². The number of hydrogen-bond acceptors (Lipinski definition) is 4. The number of carbonyl (C=O) groups is 1. The second kappa shape index (κ2) is 5.80. The van der Waals surface area contributed by atoms with Crippen molar-refractivity contribution < 1.29 is 23.4 Å². The Morgan fingerprint density at radius 1 is 1.35 bits per heavy atom. The Bertz CT molecular complexity index is 607. The van der Waals surface area contributed by atoms with Crippen molar-refractivity contribution in [3.05, 3.63) is 23.8 Å². The molecule has 110 valence electrons. The monoisotopic (exact) mass is 299 g/mol. The van der Waals surface area contributed by atoms with Crippen LogP contribution < -0.4 is 4.72 Å². The molecule has 1 aliphatic rings. The number of phenols is 1. The third-order valence-electron chi connectivity index (χ3n) is 3.29. The summed E-state index contributed by atoms with van der Waals surface area (Å²) in [4.78, 5) is 10.7. The first kappa shape index (κ1) is 14.8. The summed E-state index contributed by atoms with van der Waals surface area (Å²) in [5.74, 6) is -1.08. The lowest BCUT2D eigenvalue weighted by atomic mass is 10.2. The smallest absolute Gasteiger partial charge is 0.339 e. The van der Waals surface area contributed by atoms with E-state index in [1.54, 1.807) is 0 Å². The van der Waals surface area contributed by atoms with E-state index in [-0.39, 0.29) is 4.90 Å². The number of carboxylic acid groups (broad SMARTS) is 1. The molecular weight excluding hydrogens is 282 g/mol. The number of benzene rings is 1. The average Bonchev–Trinajstić information content (AvgIpc) is 3.18. The third kappa shape index (κ3) is 3.71. The zero-order valence-electron chi connectivity index (χ0n) is 10.9. The Hall–Kier alpha value is -1.60. The van der Waals surface area contributed by atoms with Crippen LogP contribution in [-0.2, 0) is 10.0 Å². The molecule has 1 saturated carbocycles. The standard InChI is InChI=1S/C13H17NO5S/c15-12-6-5-10(8-11(12)13(16)17)20(18,19)14-7-1-2-9-3-4-9/h5-6,8-9,14-15H,1-4,7H2,(H,16,17). The summed E-state index contributed by atoms with van der Waals surface area (Å²) < 4.78 is 26.4. The summed E-state index contributed by atoms with van der Waals surface area (Å²) in [5.41, 5.74) is -0.425. The molecule has 0 spiro atoms. The molecule has 0 heterocycles. The highest BCUT2D eigenvalue weighted by atomic mass is 32.2. The molecule has 2 rings (SSSR count). The second-order valence-corrected chi connectivity index (χ2v) is 6.73. The van der Waals surface area contributed by atoms with E-state index < -0.39 is 27.3 Å². The van der Waals surface area contributed by atoms with Crippen LogP contribution in [0, 0.1) is 5.92 Å². The van der Waals surface area contributed by atoms with Gasteiger partial charge in [-0.2, -0.15) is 0 Å². The molecule has 0 unspecified atom stereocenters. The summed E-state index contributed by atoms with van der Waals surface area (Å²) in [6.45, 7) is 0.335. The molecule has 1 aromatic rings. The minimum absolute atomic E-state index is 0.154. The Morgan fingerprint density at radius 2 is 2.05 bits per heavy atom. The number of aromatic carboxylic acids is 1. The van der Waals surface area contributed by atoms with E-state index in [1.807, 2.05) is 0 Å². The van der Waals surface area contributed by atoms with Gasteiger partial charge in [-0.25, -0.2) is 17.9 Å². The van der Waals surface area contributed by atoms with Crippen LogP contribution in [0.2, 0.25) is 0 Å². The third-order valence-corrected chi connectivity index (χ3v) is 4.75. The molecule has 3 N–H and O–H groups in total. The van der Waals surface area contributed by atoms with E-state index in [9.17, 15) is 18.3 Å². The first-order chi connectivity index (χ1) is 9.40. The fourth-order valence-electron chi connectivity index (χ4n) is 1.94. The minimum Gasteiger partial charge on any atom is -0.507 e. The molecule has 0 radical (unpaired) electrons. The summed E-state index contributed by atoms with van der Waals surface area (Å²) in [6, 6.07) is 3.22. The average molecular weight is 299 g/mol. The van der Waals surface area contributed by atoms with Crippen molar-refractivity contribution in [3.8, 4) is 5.75 Å². The largest absolute Gasteiger partial charge is 0.507 e. The van der Waals surface area contributed by atoms with Gasteiger partial charge in [-0.15, -0.1) is 0 Å². The van der Waals surface area contributed by atoms with E-state index in [0.29, 0.717) is 6.54 Å². The lowest BCUT2D eigenvalue weighted by molar-refractivity contribution is 0.0693. The molecule has 0 bridgehead atoms. The molecule has 7 heteroatoms. The van der Waals surface area contributed by atoms with Crippen LogP contribution in [0.15, 0.2) is 23.1 Å². The molecule has 0 atom stereocenters. The van der Waals surface area contributed by atoms with Gasteiger partial charge >= 0.3 is 5.97 Å². The first-order valence-electron chi connectivity index (χ1n) is 6.46. The molecular formula is C13H17NO5S. The molecule has 0 amide bonds. The number of rotatable bonds is 7. The maximum Gasteiger partial charge on any atom is 0.339 e. The van der Waals surface area contributed by atoms with Crippen LogP contribution in [-0.4, -0.2) is 31.1 Å². The van der Waals surface area contributed by atoms with Crippen molar-refractivity contribution in [3.63, 3.8) is 0 Å². The van der Waals surface area contributed by atoms with E-state index >= 15 is 0 Å². The molecule has 0 aromatic heterocycles. The highest BCUT2D eigenvalue weighted by Gasteiger charge is 2.21. The number of sulfonamides is 1. The van der Waals surface area contributed by atoms with E-state index in [4.69, 9.17) is 5.11 Å². The van der Waals surface area contributed by atoms with Gasteiger partial charge in [-0.05, 0) is 37.0 Å². The predicted molar refractivity (Wildman–Crippen MR) is 72.2 cm³/mol. The summed E-state index contributed by atoms with van der Waals surface area (Å²) in [5, 5.41) is 18.2. The molecule has 6 nitrogen and oxygen atoms in total. The van der Waals surface area contributed by atoms with Gasteiger partial charge in [0.2, 0.25) is 10.0 Å². The van der Waals surface area contributed by atoms with Gasteiger partial charge in [0, 0.05) is 6.54 Å². The van der Waals surface area contributed by atoms with Crippen LogP contribution in [0.3, 0.4) is 0 Å². The van der Waals surface area contributed by atoms with Gasteiger partial charge in [0.1, 0.15) is 11.3 Å². The second-order valence-electron chi connectivity index (χ2n) is 4.97. The van der Waals surface area contributed by atoms with Crippen molar-refractivity contribution in [2.75, 3.05) is 6.54 Å². The lowest BCUT2D eigenvalue weighted by Crippen LogP contribution is -2.25. The van der Waals surface area contributed by atoms with Crippen molar-refractivity contribution in [1.29, 1.82) is 0 Å². The highest BCUT2D eigenvalue weighted by molar-refractivity contribution is 7.89. The van der Waals surface area contributed by atoms with E-state index in [2.05, 4.69) is 4.72 Å². The Balaban J connectivity index is 2.03. The molecule has 1 aromatic carbocycles. The maximum atomic E-state index is 12.0. The fourth-order valence-corrected chi connectivity index (χ4v) is 3.04. The van der Waals surface area contributed by atoms with Crippen LogP contribution in [0.1, 0.15) is 36.0 Å². The summed E-state index contributed by atoms with van der Waals surface area (Å²) in [6.07, 6.45) is 4.24. The number of aromatic hydroxyl groups is 1. The van der Waals surface area contributed by atoms with Gasteiger partial charge in [0.15, 0.2) is 0 Å². The molecule has 0 aliphatic heterocycles. The van der Waals surface area contributed by atoms with Crippen LogP contribution in [0.4, 0.5) is 0 Å². The minimum atomic E-state index is -3.74. The van der Waals surface area contributed by atoms with Crippen molar-refractivity contribution in [1.82, 2.24) is 4.72 Å². The van der Waals surface area contributed by atoms with Crippen molar-refractivity contribution in [2.45, 2.75) is 30.6 Å². The van der Waals surface area contributed by atoms with Gasteiger partial charge in [-0.1, -0.05) is 12.8 Å². The molecule has 1 fully saturated rings. The quantitative estimate of drug-likeness (QED) is 0.663. The SMILES string of the molecule is O=C(O)c1cc(S(=O)(=O)NCCCC2CC2)ccc1O. The normalized spacial score (nSPS) is 15.2.